The SMILES string of the molecule is FCCBr.O=CO[O-].O=c1cc(-c2ccccc2)c2ccc(O)cc2o1.O=c1cc(-c2ccccc2)c2ccc(OCCF)cc2o1.[Cs+].[Cs+].[H-]. The van der Waals surface area contributed by atoms with E-state index in [-0.39, 0.29) is 165 Å². The van der Waals surface area contributed by atoms with Crippen LogP contribution in [0.5, 0.6) is 11.5 Å². The second kappa shape index (κ2) is 25.7. The van der Waals surface area contributed by atoms with E-state index in [9.17, 15) is 23.5 Å². The van der Waals surface area contributed by atoms with E-state index in [1.54, 1.807) is 24.3 Å². The monoisotopic (exact) mass is 976 g/mol. The van der Waals surface area contributed by atoms with Gasteiger partial charge in [0.05, 0.1) is 6.67 Å². The van der Waals surface area contributed by atoms with Crippen molar-refractivity contribution < 1.29 is 182 Å². The third kappa shape index (κ3) is 15.1. The van der Waals surface area contributed by atoms with Gasteiger partial charge in [0.15, 0.2) is 0 Å². The van der Waals surface area contributed by atoms with E-state index in [0.29, 0.717) is 22.2 Å². The first-order valence-electron chi connectivity index (χ1n) is 13.8. The van der Waals surface area contributed by atoms with Gasteiger partial charge in [-0.3, -0.25) is 9.18 Å². The van der Waals surface area contributed by atoms with Crippen LogP contribution in [0.15, 0.2) is 128 Å². The average Bonchev–Trinajstić information content (AvgIpc) is 3.11. The molecule has 0 fully saturated rings. The Morgan fingerprint density at radius 2 is 1.18 bits per heavy atom. The van der Waals surface area contributed by atoms with Gasteiger partial charge in [-0.1, -0.05) is 76.6 Å². The number of hydrogen-bond acceptors (Lipinski definition) is 9. The topological polar surface area (TPSA) is 139 Å². The number of fused-ring (bicyclic) bond motifs is 2. The Morgan fingerprint density at radius 3 is 1.61 bits per heavy atom. The molecule has 0 spiro atoms. The minimum Gasteiger partial charge on any atom is -1.00 e. The Hall–Kier alpha value is -1.23. The second-order valence-electron chi connectivity index (χ2n) is 9.14. The van der Waals surface area contributed by atoms with Crippen LogP contribution in [-0.4, -0.2) is 36.9 Å². The van der Waals surface area contributed by atoms with Crippen LogP contribution in [0.2, 0.25) is 0 Å². The van der Waals surface area contributed by atoms with Gasteiger partial charge in [0.25, 0.3) is 6.47 Å². The van der Waals surface area contributed by atoms with Crippen molar-refractivity contribution in [2.24, 2.45) is 0 Å². The van der Waals surface area contributed by atoms with Crippen LogP contribution in [0.1, 0.15) is 1.43 Å². The third-order valence-electron chi connectivity index (χ3n) is 6.07. The maximum absolute atomic E-state index is 12.1. The zero-order valence-electron chi connectivity index (χ0n) is 27.6. The van der Waals surface area contributed by atoms with E-state index >= 15 is 0 Å². The quantitative estimate of drug-likeness (QED) is 0.0813. The third-order valence-corrected chi connectivity index (χ3v) is 6.37. The van der Waals surface area contributed by atoms with Gasteiger partial charge in [0.1, 0.15) is 35.9 Å². The number of halogens is 3. The first-order chi connectivity index (χ1) is 22.8. The smallest absolute Gasteiger partial charge is 1.00 e. The molecule has 0 aliphatic rings. The fourth-order valence-corrected chi connectivity index (χ4v) is 4.25. The number of alkyl halides is 3. The van der Waals surface area contributed by atoms with Gasteiger partial charge < -0.3 is 30.2 Å². The van der Waals surface area contributed by atoms with E-state index in [0.717, 1.165) is 33.0 Å². The van der Waals surface area contributed by atoms with Crippen molar-refractivity contribution in [2.45, 2.75) is 0 Å². The Labute approximate surface area is 407 Å². The molecule has 6 aromatic rings. The van der Waals surface area contributed by atoms with E-state index in [1.807, 2.05) is 66.7 Å². The van der Waals surface area contributed by atoms with Crippen molar-refractivity contribution in [2.75, 3.05) is 25.3 Å². The van der Waals surface area contributed by atoms with Crippen molar-refractivity contribution in [3.63, 3.8) is 0 Å². The van der Waals surface area contributed by atoms with Crippen LogP contribution in [0.25, 0.3) is 44.2 Å². The summed E-state index contributed by atoms with van der Waals surface area (Å²) < 4.78 is 38.3. The average molecular weight is 977 g/mol. The van der Waals surface area contributed by atoms with E-state index in [2.05, 4.69) is 20.8 Å². The Kier molecular flexibility index (Phi) is 24.0. The summed E-state index contributed by atoms with van der Waals surface area (Å²) in [7, 11) is 0. The van der Waals surface area contributed by atoms with Crippen LogP contribution >= 0.6 is 15.9 Å². The summed E-state index contributed by atoms with van der Waals surface area (Å²) in [4.78, 5) is 34.5. The molecule has 0 radical (unpaired) electrons. The number of hydrogen-bond donors (Lipinski definition) is 1. The Morgan fingerprint density at radius 1 is 0.735 bits per heavy atom. The summed E-state index contributed by atoms with van der Waals surface area (Å²) in [5.74, 6) is 0.560. The van der Waals surface area contributed by atoms with Gasteiger partial charge >= 0.3 is 149 Å². The minimum absolute atomic E-state index is 0. The van der Waals surface area contributed by atoms with Crippen molar-refractivity contribution in [1.29, 1.82) is 0 Å². The molecule has 2 heterocycles. The van der Waals surface area contributed by atoms with Crippen LogP contribution in [0, 0.1) is 0 Å². The number of phenolic OH excluding ortho intramolecular Hbond substituents is 1. The van der Waals surface area contributed by atoms with Crippen molar-refractivity contribution in [1.82, 2.24) is 0 Å². The zero-order chi connectivity index (χ0) is 34.0. The van der Waals surface area contributed by atoms with Crippen LogP contribution < -0.4 is 159 Å². The predicted octanol–water partition coefficient (Wildman–Crippen LogP) is 0.880. The summed E-state index contributed by atoms with van der Waals surface area (Å²) in [5.41, 5.74) is 3.46. The molecule has 4 aromatic carbocycles. The normalized spacial score (nSPS) is 9.55. The Bertz CT molecular complexity index is 1980. The number of carbonyl (C=O) groups is 1. The molecule has 6 rings (SSSR count). The largest absolute Gasteiger partial charge is 1.00 e. The molecule has 2 aromatic heterocycles. The zero-order valence-corrected chi connectivity index (χ0v) is 40.8. The second-order valence-corrected chi connectivity index (χ2v) is 9.93. The molecule has 0 unspecified atom stereocenters. The van der Waals surface area contributed by atoms with Crippen LogP contribution in [0.4, 0.5) is 8.78 Å². The van der Waals surface area contributed by atoms with Crippen LogP contribution in [0.3, 0.4) is 0 Å². The molecule has 0 saturated heterocycles. The minimum atomic E-state index is -0.563. The summed E-state index contributed by atoms with van der Waals surface area (Å²) in [6.07, 6.45) is 0. The molecule has 0 amide bonds. The van der Waals surface area contributed by atoms with Crippen molar-refractivity contribution in [3.8, 4) is 33.8 Å². The molecule has 0 atom stereocenters. The predicted molar refractivity (Wildman–Crippen MR) is 177 cm³/mol. The fraction of sp³-hybridized carbons (Fsp3) is 0.114. The van der Waals surface area contributed by atoms with Crippen LogP contribution in [-0.2, 0) is 9.68 Å². The molecule has 0 saturated carbocycles. The standard InChI is InChI=1S/C17H13FO3.C15H10O3.C2H4BrF.CH2O3.2Cs.H/c18-8-9-20-13-6-7-14-15(12-4-2-1-3-5-12)11-17(19)21-16(14)10-13;16-11-6-7-12-13(10-4-2-1-3-5-10)9-15(17)18-14(12)8-11;3-1-2-4;2-1-4-3;;;/h1-7,10-11H,8-9H2;1-9,16H;1-2H2;1,3H;;;/q;;;;2*+1;-1/p-1. The number of benzene rings is 4. The summed E-state index contributed by atoms with van der Waals surface area (Å²) in [5, 5.41) is 19.9. The van der Waals surface area contributed by atoms with Gasteiger partial charge in [0, 0.05) is 40.4 Å². The molecule has 0 bridgehead atoms. The van der Waals surface area contributed by atoms with E-state index in [1.165, 1.54) is 18.2 Å². The molecular weight excluding hydrogens is 948 g/mol. The molecule has 0 aliphatic carbocycles. The van der Waals surface area contributed by atoms with Gasteiger partial charge in [-0.05, 0) is 46.5 Å². The fourth-order valence-electron chi connectivity index (χ4n) is 4.25. The summed E-state index contributed by atoms with van der Waals surface area (Å²) >= 11 is 2.87. The number of aromatic hydroxyl groups is 1. The summed E-state index contributed by atoms with van der Waals surface area (Å²) in [6.45, 7) is -1.03. The number of phenols is 1. The Balaban J connectivity index is 0.000000759. The molecule has 246 valence electrons. The van der Waals surface area contributed by atoms with Crippen molar-refractivity contribution in [3.05, 3.63) is 130 Å². The molecular formula is C35H29BrCs2F2O9. The maximum Gasteiger partial charge on any atom is 1.00 e. The van der Waals surface area contributed by atoms with Gasteiger partial charge in [-0.25, -0.2) is 14.0 Å². The van der Waals surface area contributed by atoms with Crippen molar-refractivity contribution >= 4 is 44.3 Å². The summed E-state index contributed by atoms with van der Waals surface area (Å²) in [6, 6.07) is 32.1. The van der Waals surface area contributed by atoms with Gasteiger partial charge in [-0.15, -0.1) is 0 Å². The first-order valence-corrected chi connectivity index (χ1v) is 15.0. The molecule has 9 nitrogen and oxygen atoms in total. The number of ether oxygens (including phenoxy) is 1. The molecule has 14 heteroatoms. The number of rotatable bonds is 7. The molecule has 1 N–H and O–H groups in total. The maximum atomic E-state index is 12.1. The molecule has 0 aliphatic heterocycles. The van der Waals surface area contributed by atoms with Gasteiger partial charge in [-0.2, -0.15) is 0 Å². The van der Waals surface area contributed by atoms with E-state index in [4.69, 9.17) is 23.6 Å². The molecule has 49 heavy (non-hydrogen) atoms. The van der Waals surface area contributed by atoms with E-state index < -0.39 is 17.9 Å². The number of carbonyl (C=O) groups excluding carboxylic acids is 1. The van der Waals surface area contributed by atoms with Gasteiger partial charge in [0.2, 0.25) is 0 Å². The first kappa shape index (κ1) is 45.8.